The molecular formula is C16H21N3O. The largest absolute Gasteiger partial charge is 0.487 e. The van der Waals surface area contributed by atoms with Gasteiger partial charge in [-0.1, -0.05) is 6.08 Å². The minimum absolute atomic E-state index is 0.154. The zero-order chi connectivity index (χ0) is 14.2. The molecule has 0 amide bonds. The molecule has 1 aliphatic heterocycles. The van der Waals surface area contributed by atoms with Gasteiger partial charge in [0.25, 0.3) is 0 Å². The maximum absolute atomic E-state index is 8.75. The van der Waals surface area contributed by atoms with E-state index in [4.69, 9.17) is 10.00 Å². The number of ether oxygens (including phenoxy) is 1. The maximum Gasteiger partial charge on any atom is 0.140 e. The fraction of sp³-hybridized carbons (Fsp3) is 0.500. The van der Waals surface area contributed by atoms with E-state index in [9.17, 15) is 0 Å². The van der Waals surface area contributed by atoms with E-state index in [1.807, 2.05) is 18.2 Å². The fourth-order valence-corrected chi connectivity index (χ4v) is 2.45. The molecule has 4 nitrogen and oxygen atoms in total. The summed E-state index contributed by atoms with van der Waals surface area (Å²) < 4.78 is 6.02. The maximum atomic E-state index is 8.75. The van der Waals surface area contributed by atoms with Gasteiger partial charge in [-0.15, -0.1) is 6.58 Å². The van der Waals surface area contributed by atoms with Crippen LogP contribution in [0, 0.1) is 11.3 Å². The molecule has 0 unspecified atom stereocenters. The number of pyridine rings is 1. The molecule has 2 heterocycles. The predicted octanol–water partition coefficient (Wildman–Crippen LogP) is 2.76. The van der Waals surface area contributed by atoms with E-state index in [0.717, 1.165) is 25.1 Å². The Morgan fingerprint density at radius 1 is 1.45 bits per heavy atom. The molecule has 0 aliphatic carbocycles. The first-order chi connectivity index (χ1) is 9.81. The zero-order valence-corrected chi connectivity index (χ0v) is 11.8. The third-order valence-corrected chi connectivity index (χ3v) is 3.51. The number of likely N-dealkylation sites (tertiary alicyclic amines) is 1. The molecule has 0 bridgehead atoms. The second-order valence-corrected chi connectivity index (χ2v) is 5.10. The number of nitrogens with zero attached hydrogens (tertiary/aromatic N) is 3. The summed E-state index contributed by atoms with van der Waals surface area (Å²) in [5.41, 5.74) is 0.416. The molecule has 1 fully saturated rings. The average molecular weight is 271 g/mol. The Bertz CT molecular complexity index is 458. The summed E-state index contributed by atoms with van der Waals surface area (Å²) >= 11 is 0. The third-order valence-electron chi connectivity index (χ3n) is 3.51. The van der Waals surface area contributed by atoms with Crippen LogP contribution in [0.15, 0.2) is 31.0 Å². The summed E-state index contributed by atoms with van der Waals surface area (Å²) in [6, 6.07) is 5.52. The topological polar surface area (TPSA) is 49.1 Å². The highest BCUT2D eigenvalue weighted by molar-refractivity contribution is 5.26. The molecule has 1 aliphatic rings. The SMILES string of the molecule is C=CCC[C@@H](CN1CCCC1)Oc1ccc(C#N)nc1. The first-order valence-electron chi connectivity index (χ1n) is 7.18. The van der Waals surface area contributed by atoms with E-state index in [2.05, 4.69) is 16.5 Å². The lowest BCUT2D eigenvalue weighted by Crippen LogP contribution is -2.33. The van der Waals surface area contributed by atoms with Crippen LogP contribution in [0.2, 0.25) is 0 Å². The summed E-state index contributed by atoms with van der Waals surface area (Å²) in [6.45, 7) is 7.06. The van der Waals surface area contributed by atoms with E-state index < -0.39 is 0 Å². The van der Waals surface area contributed by atoms with Gasteiger partial charge in [0.15, 0.2) is 0 Å². The number of rotatable bonds is 7. The quantitative estimate of drug-likeness (QED) is 0.715. The summed E-state index contributed by atoms with van der Waals surface area (Å²) in [4.78, 5) is 6.49. The Hall–Kier alpha value is -1.86. The molecule has 4 heteroatoms. The van der Waals surface area contributed by atoms with Crippen molar-refractivity contribution in [3.05, 3.63) is 36.7 Å². The van der Waals surface area contributed by atoms with Crippen molar-refractivity contribution in [1.29, 1.82) is 5.26 Å². The molecule has 1 saturated heterocycles. The highest BCUT2D eigenvalue weighted by atomic mass is 16.5. The number of aromatic nitrogens is 1. The Labute approximate surface area is 120 Å². The number of nitriles is 1. The van der Waals surface area contributed by atoms with Gasteiger partial charge in [0, 0.05) is 6.54 Å². The van der Waals surface area contributed by atoms with Crippen LogP contribution in [0.1, 0.15) is 31.4 Å². The van der Waals surface area contributed by atoms with Crippen molar-refractivity contribution in [3.63, 3.8) is 0 Å². The smallest absolute Gasteiger partial charge is 0.140 e. The van der Waals surface area contributed by atoms with Crippen LogP contribution < -0.4 is 4.74 Å². The lowest BCUT2D eigenvalue weighted by molar-refractivity contribution is 0.139. The lowest BCUT2D eigenvalue weighted by atomic mass is 10.2. The summed E-state index contributed by atoms with van der Waals surface area (Å²) in [5, 5.41) is 8.75. The van der Waals surface area contributed by atoms with Gasteiger partial charge in [-0.25, -0.2) is 4.98 Å². The van der Waals surface area contributed by atoms with E-state index in [-0.39, 0.29) is 6.10 Å². The van der Waals surface area contributed by atoms with Gasteiger partial charge in [0.1, 0.15) is 23.6 Å². The average Bonchev–Trinajstić information content (AvgIpc) is 2.98. The summed E-state index contributed by atoms with van der Waals surface area (Å²) in [6.07, 6.45) is 8.18. The highest BCUT2D eigenvalue weighted by Crippen LogP contribution is 2.16. The molecule has 0 aromatic carbocycles. The van der Waals surface area contributed by atoms with Crippen molar-refractivity contribution in [2.75, 3.05) is 19.6 Å². The Morgan fingerprint density at radius 3 is 2.85 bits per heavy atom. The highest BCUT2D eigenvalue weighted by Gasteiger charge is 2.18. The minimum atomic E-state index is 0.154. The van der Waals surface area contributed by atoms with Crippen LogP contribution in [-0.4, -0.2) is 35.6 Å². The molecule has 1 atom stereocenters. The second kappa shape index (κ2) is 7.66. The van der Waals surface area contributed by atoms with Gasteiger partial charge in [-0.2, -0.15) is 5.26 Å². The lowest BCUT2D eigenvalue weighted by Gasteiger charge is -2.24. The van der Waals surface area contributed by atoms with E-state index in [0.29, 0.717) is 5.69 Å². The van der Waals surface area contributed by atoms with Crippen molar-refractivity contribution in [1.82, 2.24) is 9.88 Å². The second-order valence-electron chi connectivity index (χ2n) is 5.10. The predicted molar refractivity (Wildman–Crippen MR) is 78.5 cm³/mol. The number of allylic oxidation sites excluding steroid dienone is 1. The van der Waals surface area contributed by atoms with Gasteiger partial charge in [0.2, 0.25) is 0 Å². The number of hydrogen-bond donors (Lipinski definition) is 0. The fourth-order valence-electron chi connectivity index (χ4n) is 2.45. The third kappa shape index (κ3) is 4.36. The van der Waals surface area contributed by atoms with Crippen molar-refractivity contribution in [2.24, 2.45) is 0 Å². The van der Waals surface area contributed by atoms with Crippen LogP contribution in [0.3, 0.4) is 0 Å². The molecule has 0 spiro atoms. The van der Waals surface area contributed by atoms with Crippen LogP contribution >= 0.6 is 0 Å². The minimum Gasteiger partial charge on any atom is -0.487 e. The normalized spacial score (nSPS) is 16.6. The standard InChI is InChI=1S/C16H21N3O/c1-2-3-6-16(13-19-9-4-5-10-19)20-15-8-7-14(11-17)18-12-15/h2,7-8,12,16H,1,3-6,9-10,13H2/t16-/m0/s1. The molecule has 1 aromatic rings. The van der Waals surface area contributed by atoms with Gasteiger partial charge in [-0.3, -0.25) is 4.90 Å². The van der Waals surface area contributed by atoms with Crippen molar-refractivity contribution < 1.29 is 4.74 Å². The van der Waals surface area contributed by atoms with E-state index >= 15 is 0 Å². The molecule has 20 heavy (non-hydrogen) atoms. The molecular weight excluding hydrogens is 250 g/mol. The Balaban J connectivity index is 1.94. The molecule has 106 valence electrons. The van der Waals surface area contributed by atoms with Gasteiger partial charge >= 0.3 is 0 Å². The van der Waals surface area contributed by atoms with E-state index in [1.165, 1.54) is 25.9 Å². The van der Waals surface area contributed by atoms with Crippen LogP contribution in [0.25, 0.3) is 0 Å². The van der Waals surface area contributed by atoms with Gasteiger partial charge < -0.3 is 4.74 Å². The van der Waals surface area contributed by atoms with E-state index in [1.54, 1.807) is 12.3 Å². The van der Waals surface area contributed by atoms with Gasteiger partial charge in [0.05, 0.1) is 6.20 Å². The molecule has 2 rings (SSSR count). The Morgan fingerprint density at radius 2 is 2.25 bits per heavy atom. The van der Waals surface area contributed by atoms with Gasteiger partial charge in [-0.05, 0) is 50.9 Å². The summed E-state index contributed by atoms with van der Waals surface area (Å²) in [5.74, 6) is 0.734. The van der Waals surface area contributed by atoms with Crippen LogP contribution in [0.4, 0.5) is 0 Å². The van der Waals surface area contributed by atoms with Crippen molar-refractivity contribution in [2.45, 2.75) is 31.8 Å². The number of hydrogen-bond acceptors (Lipinski definition) is 4. The molecule has 1 aromatic heterocycles. The van der Waals surface area contributed by atoms with Crippen LogP contribution in [-0.2, 0) is 0 Å². The molecule has 0 radical (unpaired) electrons. The molecule has 0 N–H and O–H groups in total. The monoisotopic (exact) mass is 271 g/mol. The summed E-state index contributed by atoms with van der Waals surface area (Å²) in [7, 11) is 0. The first kappa shape index (κ1) is 14.5. The first-order valence-corrected chi connectivity index (χ1v) is 7.18. The van der Waals surface area contributed by atoms with Crippen molar-refractivity contribution in [3.8, 4) is 11.8 Å². The van der Waals surface area contributed by atoms with Crippen molar-refractivity contribution >= 4 is 0 Å². The molecule has 0 saturated carbocycles. The Kier molecular flexibility index (Phi) is 5.57. The van der Waals surface area contributed by atoms with Crippen LogP contribution in [0.5, 0.6) is 5.75 Å². The zero-order valence-electron chi connectivity index (χ0n) is 11.8.